The van der Waals surface area contributed by atoms with E-state index in [2.05, 4.69) is 26.3 Å². The molecule has 1 aliphatic rings. The normalized spacial score (nSPS) is 25.3. The molecule has 8 nitrogen and oxygen atoms in total. The first kappa shape index (κ1) is 31.2. The Bertz CT molecular complexity index is 506. The molecule has 0 saturated carbocycles. The first-order valence-electron chi connectivity index (χ1n) is 9.89. The van der Waals surface area contributed by atoms with Gasteiger partial charge in [-0.2, -0.15) is 0 Å². The lowest BCUT2D eigenvalue weighted by molar-refractivity contribution is 0.248. The molecule has 0 N–H and O–H groups in total. The molecule has 1 fully saturated rings. The third-order valence-electron chi connectivity index (χ3n) is 3.81. The lowest BCUT2D eigenvalue weighted by Gasteiger charge is -2.36. The van der Waals surface area contributed by atoms with Crippen LogP contribution >= 0.6 is 0 Å². The van der Waals surface area contributed by atoms with E-state index in [0.717, 1.165) is 0 Å². The largest absolute Gasteiger partial charge is 0.415 e. The molecular formula is C16H40O8Si7. The molecule has 0 aromatic carbocycles. The Labute approximate surface area is 198 Å². The van der Waals surface area contributed by atoms with E-state index in [-0.39, 0.29) is 0 Å². The van der Waals surface area contributed by atoms with Crippen molar-refractivity contribution in [3.8, 4) is 0 Å². The number of hydrogen-bond acceptors (Lipinski definition) is 8. The Balaban J connectivity index is 0.000000582. The molecule has 0 bridgehead atoms. The second-order valence-corrected chi connectivity index (χ2v) is 27.8. The number of hydrogen-bond donors (Lipinski definition) is 0. The quantitative estimate of drug-likeness (QED) is 0.380. The fraction of sp³-hybridized carbons (Fsp3) is 0.500. The van der Waals surface area contributed by atoms with Gasteiger partial charge in [0.25, 0.3) is 0 Å². The second-order valence-electron chi connectivity index (χ2n) is 7.77. The standard InChI is InChI=1S/C8H16O4Si4.C8H24O4Si3/c1-5-13-9-14(6-2)11-16(8-4)12-15(7-3)10-13;1-9-13(3,4)11-15(7,8)12-14(5,6)10-2/h5-8,13-16H,1-4H2;1-8H3. The zero-order valence-electron chi connectivity index (χ0n) is 20.2. The molecule has 15 heteroatoms. The molecule has 0 amide bonds. The highest BCUT2D eigenvalue weighted by Gasteiger charge is 2.40. The van der Waals surface area contributed by atoms with Gasteiger partial charge in [-0.3, -0.25) is 0 Å². The van der Waals surface area contributed by atoms with Crippen LogP contribution in [0.1, 0.15) is 0 Å². The Morgan fingerprint density at radius 1 is 0.516 bits per heavy atom. The van der Waals surface area contributed by atoms with Gasteiger partial charge in [0.2, 0.25) is 0 Å². The van der Waals surface area contributed by atoms with E-state index >= 15 is 0 Å². The average Bonchev–Trinajstić information content (AvgIpc) is 2.67. The molecule has 1 aliphatic heterocycles. The van der Waals surface area contributed by atoms with Crippen molar-refractivity contribution < 1.29 is 33.5 Å². The van der Waals surface area contributed by atoms with Crippen LogP contribution in [0.15, 0.2) is 49.1 Å². The topological polar surface area (TPSA) is 73.8 Å². The maximum Gasteiger partial charge on any atom is 0.330 e. The zero-order chi connectivity index (χ0) is 24.3. The Morgan fingerprint density at radius 2 is 0.742 bits per heavy atom. The van der Waals surface area contributed by atoms with Crippen LogP contribution in [0.5, 0.6) is 0 Å². The summed E-state index contributed by atoms with van der Waals surface area (Å²) < 4.78 is 45.7. The molecule has 0 aromatic rings. The summed E-state index contributed by atoms with van der Waals surface area (Å²) in [5.41, 5.74) is 6.87. The summed E-state index contributed by atoms with van der Waals surface area (Å²) in [6, 6.07) is 0. The maximum absolute atomic E-state index is 6.00. The van der Waals surface area contributed by atoms with Crippen molar-refractivity contribution in [3.05, 3.63) is 49.1 Å². The van der Waals surface area contributed by atoms with E-state index < -0.39 is 62.8 Å². The molecule has 1 rings (SSSR count). The van der Waals surface area contributed by atoms with Crippen molar-refractivity contribution >= 4 is 62.8 Å². The molecule has 0 atom stereocenters. The highest BCUT2D eigenvalue weighted by molar-refractivity contribution is 6.84. The summed E-state index contributed by atoms with van der Waals surface area (Å²) in [7, 11) is -10.3. The van der Waals surface area contributed by atoms with Crippen molar-refractivity contribution in [3.63, 3.8) is 0 Å². The molecule has 0 radical (unpaired) electrons. The van der Waals surface area contributed by atoms with Gasteiger partial charge in [0.1, 0.15) is 0 Å². The van der Waals surface area contributed by atoms with Crippen LogP contribution in [0.4, 0.5) is 0 Å². The van der Waals surface area contributed by atoms with E-state index in [1.165, 1.54) is 0 Å². The van der Waals surface area contributed by atoms with Crippen LogP contribution < -0.4 is 0 Å². The Hall–Kier alpha value is 0.158. The molecule has 0 unspecified atom stereocenters. The van der Waals surface area contributed by atoms with Crippen molar-refractivity contribution in [2.45, 2.75) is 39.3 Å². The molecule has 180 valence electrons. The summed E-state index contributed by atoms with van der Waals surface area (Å²) in [6.45, 7) is 27.0. The van der Waals surface area contributed by atoms with Crippen LogP contribution in [0.25, 0.3) is 0 Å². The van der Waals surface area contributed by atoms with Gasteiger partial charge in [-0.05, 0) is 39.3 Å². The van der Waals surface area contributed by atoms with Crippen LogP contribution in [-0.4, -0.2) is 77.0 Å². The third kappa shape index (κ3) is 13.5. The van der Waals surface area contributed by atoms with E-state index in [0.29, 0.717) is 0 Å². The van der Waals surface area contributed by atoms with Gasteiger partial charge < -0.3 is 33.5 Å². The van der Waals surface area contributed by atoms with Gasteiger partial charge >= 0.3 is 62.8 Å². The highest BCUT2D eigenvalue weighted by Crippen LogP contribution is 2.20. The Kier molecular flexibility index (Phi) is 14.5. The SMILES string of the molecule is C=C[SiH]1O[SiH](C=C)O[SiH](C=C)O[SiH](C=C)O1.CO[Si](C)(C)O[Si](C)(C)O[Si](C)(C)OC. The summed E-state index contributed by atoms with van der Waals surface area (Å²) in [6.07, 6.45) is 0. The summed E-state index contributed by atoms with van der Waals surface area (Å²) in [5, 5.41) is 0. The van der Waals surface area contributed by atoms with Crippen LogP contribution in [0.3, 0.4) is 0 Å². The van der Waals surface area contributed by atoms with Crippen molar-refractivity contribution in [1.82, 2.24) is 0 Å². The minimum Gasteiger partial charge on any atom is -0.415 e. The second kappa shape index (κ2) is 14.4. The molecule has 0 aliphatic carbocycles. The maximum atomic E-state index is 6.00. The third-order valence-corrected chi connectivity index (χ3v) is 23.8. The highest BCUT2D eigenvalue weighted by atomic mass is 28.5. The van der Waals surface area contributed by atoms with Gasteiger partial charge in [-0.15, -0.1) is 26.3 Å². The van der Waals surface area contributed by atoms with Gasteiger partial charge in [-0.1, -0.05) is 22.8 Å². The van der Waals surface area contributed by atoms with Crippen LogP contribution in [0, 0.1) is 0 Å². The van der Waals surface area contributed by atoms with Gasteiger partial charge in [-0.25, -0.2) is 0 Å². The summed E-state index contributed by atoms with van der Waals surface area (Å²) in [4.78, 5) is 0. The molecule has 31 heavy (non-hydrogen) atoms. The first-order valence-corrected chi connectivity index (χ1v) is 24.8. The van der Waals surface area contributed by atoms with Crippen LogP contribution in [0.2, 0.25) is 39.3 Å². The predicted octanol–water partition coefficient (Wildman–Crippen LogP) is 2.27. The molecular weight excluding hydrogens is 517 g/mol. The van der Waals surface area contributed by atoms with Gasteiger partial charge in [0, 0.05) is 14.2 Å². The van der Waals surface area contributed by atoms with E-state index in [9.17, 15) is 0 Å². The zero-order valence-corrected chi connectivity index (χ0v) is 27.8. The monoisotopic (exact) mass is 556 g/mol. The fourth-order valence-electron chi connectivity index (χ4n) is 2.39. The molecule has 0 aromatic heterocycles. The molecule has 0 spiro atoms. The minimum atomic E-state index is -2.14. The summed E-state index contributed by atoms with van der Waals surface area (Å²) >= 11 is 0. The molecule has 1 heterocycles. The smallest absolute Gasteiger partial charge is 0.330 e. The van der Waals surface area contributed by atoms with E-state index in [1.807, 2.05) is 39.3 Å². The number of rotatable bonds is 10. The van der Waals surface area contributed by atoms with Crippen molar-refractivity contribution in [2.24, 2.45) is 0 Å². The van der Waals surface area contributed by atoms with Gasteiger partial charge in [0.15, 0.2) is 0 Å². The lowest BCUT2D eigenvalue weighted by Crippen LogP contribution is -2.53. The first-order chi connectivity index (χ1) is 14.3. The fourth-order valence-corrected chi connectivity index (χ4v) is 24.2. The van der Waals surface area contributed by atoms with E-state index in [4.69, 9.17) is 33.5 Å². The average molecular weight is 557 g/mol. The summed E-state index contributed by atoms with van der Waals surface area (Å²) in [5.74, 6) is 0. The minimum absolute atomic E-state index is 1.69. The predicted molar refractivity (Wildman–Crippen MR) is 142 cm³/mol. The molecule has 1 saturated heterocycles. The Morgan fingerprint density at radius 3 is 0.903 bits per heavy atom. The lowest BCUT2D eigenvalue weighted by atomic mass is 11.3. The van der Waals surface area contributed by atoms with Crippen molar-refractivity contribution in [1.29, 1.82) is 0 Å². The van der Waals surface area contributed by atoms with E-state index in [1.54, 1.807) is 37.0 Å². The van der Waals surface area contributed by atoms with Crippen LogP contribution in [-0.2, 0) is 33.5 Å². The van der Waals surface area contributed by atoms with Crippen molar-refractivity contribution in [2.75, 3.05) is 14.2 Å². The van der Waals surface area contributed by atoms with Gasteiger partial charge in [0.05, 0.1) is 0 Å².